The van der Waals surface area contributed by atoms with E-state index in [-0.39, 0.29) is 11.3 Å². The molecule has 1 aromatic heterocycles. The first-order valence-electron chi connectivity index (χ1n) is 8.43. The van der Waals surface area contributed by atoms with E-state index in [2.05, 4.69) is 55.3 Å². The van der Waals surface area contributed by atoms with E-state index >= 15 is 0 Å². The minimum Gasteiger partial charge on any atom is -0.465 e. The molecular formula is C20H22N2O2. The van der Waals surface area contributed by atoms with Gasteiger partial charge in [0, 0.05) is 11.1 Å². The van der Waals surface area contributed by atoms with Gasteiger partial charge in [-0.25, -0.2) is 0 Å². The number of furan rings is 1. The largest absolute Gasteiger partial charge is 0.465 e. The first-order chi connectivity index (χ1) is 11.5. The fourth-order valence-corrected chi connectivity index (χ4v) is 4.03. The summed E-state index contributed by atoms with van der Waals surface area (Å²) in [6.45, 7) is 6.94. The van der Waals surface area contributed by atoms with Gasteiger partial charge in [0.05, 0.1) is 12.8 Å². The summed E-state index contributed by atoms with van der Waals surface area (Å²) >= 11 is 0. The maximum Gasteiger partial charge on any atom is 0.241 e. The molecule has 2 aliphatic rings. The average Bonchev–Trinajstić information content (AvgIpc) is 3.23. The van der Waals surface area contributed by atoms with Crippen LogP contribution in [0.15, 0.2) is 47.1 Å². The van der Waals surface area contributed by atoms with Gasteiger partial charge in [-0.3, -0.25) is 4.79 Å². The molecule has 124 valence electrons. The molecule has 0 aliphatic carbocycles. The van der Waals surface area contributed by atoms with Crippen LogP contribution in [0.4, 0.5) is 5.69 Å². The molecule has 2 aromatic rings. The van der Waals surface area contributed by atoms with E-state index in [1.165, 1.54) is 11.1 Å². The molecule has 0 bridgehead atoms. The zero-order valence-corrected chi connectivity index (χ0v) is 14.3. The number of nitrogens with zero attached hydrogens (tertiary/aromatic N) is 1. The third-order valence-corrected chi connectivity index (χ3v) is 5.48. The van der Waals surface area contributed by atoms with Crippen molar-refractivity contribution < 1.29 is 9.21 Å². The van der Waals surface area contributed by atoms with E-state index in [1.807, 2.05) is 18.2 Å². The van der Waals surface area contributed by atoms with Crippen LogP contribution in [0.5, 0.6) is 0 Å². The Morgan fingerprint density at radius 2 is 2.17 bits per heavy atom. The third kappa shape index (κ3) is 1.89. The van der Waals surface area contributed by atoms with Crippen LogP contribution in [-0.2, 0) is 16.6 Å². The molecule has 4 nitrogen and oxygen atoms in total. The van der Waals surface area contributed by atoms with E-state index in [1.54, 1.807) is 6.26 Å². The molecule has 1 N–H and O–H groups in total. The van der Waals surface area contributed by atoms with Crippen molar-refractivity contribution in [1.29, 1.82) is 0 Å². The Morgan fingerprint density at radius 1 is 1.33 bits per heavy atom. The molecule has 0 spiro atoms. The van der Waals surface area contributed by atoms with E-state index < -0.39 is 5.66 Å². The molecule has 1 fully saturated rings. The third-order valence-electron chi connectivity index (χ3n) is 5.48. The van der Waals surface area contributed by atoms with Crippen molar-refractivity contribution in [3.8, 4) is 0 Å². The summed E-state index contributed by atoms with van der Waals surface area (Å²) in [5.41, 5.74) is 2.93. The highest BCUT2D eigenvalue weighted by molar-refractivity contribution is 5.91. The first-order valence-corrected chi connectivity index (χ1v) is 8.43. The van der Waals surface area contributed by atoms with Crippen LogP contribution in [0.1, 0.15) is 37.7 Å². The molecule has 4 heteroatoms. The number of aryl methyl sites for hydroxylation is 1. The highest BCUT2D eigenvalue weighted by Gasteiger charge is 2.59. The summed E-state index contributed by atoms with van der Waals surface area (Å²) in [5, 5.41) is 3.22. The summed E-state index contributed by atoms with van der Waals surface area (Å²) < 4.78 is 5.43. The Morgan fingerprint density at radius 3 is 2.88 bits per heavy atom. The zero-order valence-electron chi connectivity index (χ0n) is 14.3. The van der Waals surface area contributed by atoms with Crippen LogP contribution in [0.2, 0.25) is 0 Å². The van der Waals surface area contributed by atoms with Crippen LogP contribution < -0.4 is 10.2 Å². The van der Waals surface area contributed by atoms with Crippen molar-refractivity contribution in [2.24, 2.45) is 0 Å². The van der Waals surface area contributed by atoms with Crippen molar-refractivity contribution >= 4 is 17.7 Å². The summed E-state index contributed by atoms with van der Waals surface area (Å²) in [4.78, 5) is 14.4. The van der Waals surface area contributed by atoms with Crippen molar-refractivity contribution in [3.05, 3.63) is 59.6 Å². The van der Waals surface area contributed by atoms with Gasteiger partial charge in [-0.15, -0.1) is 0 Å². The number of rotatable bonds is 3. The average molecular weight is 322 g/mol. The fourth-order valence-electron chi connectivity index (χ4n) is 4.03. The van der Waals surface area contributed by atoms with Gasteiger partial charge in [0.1, 0.15) is 11.4 Å². The van der Waals surface area contributed by atoms with Crippen LogP contribution >= 0.6 is 0 Å². The number of hydrogen-bond donors (Lipinski definition) is 1. The second-order valence-electron chi connectivity index (χ2n) is 7.08. The highest BCUT2D eigenvalue weighted by atomic mass is 16.3. The van der Waals surface area contributed by atoms with Crippen LogP contribution in [0.3, 0.4) is 0 Å². The van der Waals surface area contributed by atoms with Gasteiger partial charge >= 0.3 is 0 Å². The summed E-state index contributed by atoms with van der Waals surface area (Å²) in [6.07, 6.45) is 6.69. The standard InChI is InChI=1S/C20H22N2O2/c1-4-14-7-8-17-16(12-14)19(2,3)20(21-18(23)13-22(17)20)10-9-15-6-5-11-24-15/h5-12H,4,13H2,1-3H3,(H,21,23)/b10-9+. The van der Waals surface area contributed by atoms with Gasteiger partial charge < -0.3 is 14.6 Å². The second-order valence-corrected chi connectivity index (χ2v) is 7.08. The number of amides is 1. The Hall–Kier alpha value is -2.49. The number of nitrogens with one attached hydrogen (secondary N) is 1. The second kappa shape index (κ2) is 5.00. The zero-order chi connectivity index (χ0) is 16.9. The lowest BCUT2D eigenvalue weighted by Gasteiger charge is -2.40. The Labute approximate surface area is 142 Å². The molecule has 2 aliphatic heterocycles. The molecule has 24 heavy (non-hydrogen) atoms. The van der Waals surface area contributed by atoms with E-state index in [0.29, 0.717) is 6.54 Å². The van der Waals surface area contributed by atoms with Crippen LogP contribution in [0.25, 0.3) is 6.08 Å². The van der Waals surface area contributed by atoms with Crippen molar-refractivity contribution in [1.82, 2.24) is 5.32 Å². The highest BCUT2D eigenvalue weighted by Crippen LogP contribution is 2.53. The van der Waals surface area contributed by atoms with Gasteiger partial charge in [-0.05, 0) is 47.9 Å². The molecule has 0 radical (unpaired) electrons. The maximum atomic E-state index is 12.2. The molecule has 4 rings (SSSR count). The van der Waals surface area contributed by atoms with Gasteiger partial charge in [0.15, 0.2) is 0 Å². The van der Waals surface area contributed by atoms with E-state index in [0.717, 1.165) is 17.9 Å². The SMILES string of the molecule is CCc1ccc2c(c1)C(C)(C)C1(/C=C/c3ccco3)NC(=O)CN21. The Bertz CT molecular complexity index is 820. The monoisotopic (exact) mass is 322 g/mol. The predicted molar refractivity (Wildman–Crippen MR) is 94.8 cm³/mol. The Balaban J connectivity index is 1.86. The van der Waals surface area contributed by atoms with Crippen molar-refractivity contribution in [2.75, 3.05) is 11.4 Å². The molecule has 1 unspecified atom stereocenters. The number of carbonyl (C=O) groups is 1. The Kier molecular flexibility index (Phi) is 3.14. The van der Waals surface area contributed by atoms with Crippen LogP contribution in [0, 0.1) is 0 Å². The van der Waals surface area contributed by atoms with Gasteiger partial charge in [0.25, 0.3) is 0 Å². The number of hydrogen-bond acceptors (Lipinski definition) is 3. The summed E-state index contributed by atoms with van der Waals surface area (Å²) in [6, 6.07) is 10.4. The number of benzene rings is 1. The van der Waals surface area contributed by atoms with Crippen molar-refractivity contribution in [3.63, 3.8) is 0 Å². The maximum absolute atomic E-state index is 12.2. The van der Waals surface area contributed by atoms with Gasteiger partial charge in [-0.2, -0.15) is 0 Å². The minimum absolute atomic E-state index is 0.0531. The number of carbonyl (C=O) groups excluding carboxylic acids is 1. The first kappa shape index (κ1) is 15.1. The smallest absolute Gasteiger partial charge is 0.241 e. The van der Waals surface area contributed by atoms with E-state index in [9.17, 15) is 4.79 Å². The molecule has 1 aromatic carbocycles. The predicted octanol–water partition coefficient (Wildman–Crippen LogP) is 3.48. The van der Waals surface area contributed by atoms with Gasteiger partial charge in [-0.1, -0.05) is 32.9 Å². The normalized spacial score (nSPS) is 24.3. The summed E-state index contributed by atoms with van der Waals surface area (Å²) in [7, 11) is 0. The lowest BCUT2D eigenvalue weighted by atomic mass is 9.75. The van der Waals surface area contributed by atoms with Crippen molar-refractivity contribution in [2.45, 2.75) is 38.3 Å². The molecule has 0 saturated carbocycles. The fraction of sp³-hybridized carbons (Fsp3) is 0.350. The number of fused-ring (bicyclic) bond motifs is 3. The number of anilines is 1. The molecule has 1 amide bonds. The summed E-state index contributed by atoms with van der Waals surface area (Å²) in [5.74, 6) is 0.837. The molecule has 1 atom stereocenters. The molecular weight excluding hydrogens is 300 g/mol. The quantitative estimate of drug-likeness (QED) is 0.941. The van der Waals surface area contributed by atoms with E-state index in [4.69, 9.17) is 4.42 Å². The van der Waals surface area contributed by atoms with Crippen LogP contribution in [-0.4, -0.2) is 18.1 Å². The molecule has 1 saturated heterocycles. The van der Waals surface area contributed by atoms with Gasteiger partial charge in [0.2, 0.25) is 5.91 Å². The topological polar surface area (TPSA) is 45.5 Å². The lowest BCUT2D eigenvalue weighted by Crippen LogP contribution is -2.58. The molecule has 3 heterocycles. The lowest BCUT2D eigenvalue weighted by molar-refractivity contribution is -0.118. The minimum atomic E-state index is -0.564.